The van der Waals surface area contributed by atoms with Gasteiger partial charge in [-0.25, -0.2) is 9.97 Å². The van der Waals surface area contributed by atoms with Gasteiger partial charge in [-0.1, -0.05) is 36.4 Å². The van der Waals surface area contributed by atoms with Gasteiger partial charge in [-0.3, -0.25) is 0 Å². The Balaban J connectivity index is 1.95. The van der Waals surface area contributed by atoms with Crippen LogP contribution in [0.4, 0.5) is 5.82 Å². The molecule has 3 heteroatoms. The Morgan fingerprint density at radius 2 is 1.59 bits per heavy atom. The highest BCUT2D eigenvalue weighted by molar-refractivity contribution is 5.91. The Hall–Kier alpha value is -2.42. The van der Waals surface area contributed by atoms with Gasteiger partial charge in [0, 0.05) is 24.0 Å². The van der Waals surface area contributed by atoms with E-state index in [9.17, 15) is 0 Å². The summed E-state index contributed by atoms with van der Waals surface area (Å²) in [5, 5.41) is 1.15. The summed E-state index contributed by atoms with van der Waals surface area (Å²) >= 11 is 0. The molecular formula is C19H19N3. The van der Waals surface area contributed by atoms with E-state index in [2.05, 4.69) is 54.3 Å². The molecule has 1 aliphatic rings. The largest absolute Gasteiger partial charge is 0.356 e. The van der Waals surface area contributed by atoms with E-state index in [1.54, 1.807) is 0 Å². The van der Waals surface area contributed by atoms with Gasteiger partial charge in [-0.05, 0) is 37.5 Å². The zero-order valence-electron chi connectivity index (χ0n) is 12.8. The molecule has 1 aromatic heterocycles. The molecule has 22 heavy (non-hydrogen) atoms. The molecule has 0 unspecified atom stereocenters. The van der Waals surface area contributed by atoms with Crippen LogP contribution in [0.25, 0.3) is 22.3 Å². The molecule has 0 radical (unpaired) electrons. The number of nitrogens with zero attached hydrogens (tertiary/aromatic N) is 3. The fraction of sp³-hybridized carbons (Fsp3) is 0.263. The van der Waals surface area contributed by atoms with Crippen LogP contribution in [-0.2, 0) is 0 Å². The van der Waals surface area contributed by atoms with E-state index in [1.807, 2.05) is 6.07 Å². The summed E-state index contributed by atoms with van der Waals surface area (Å²) in [7, 11) is 0. The molecule has 3 nitrogen and oxygen atoms in total. The number of hydrogen-bond donors (Lipinski definition) is 0. The second kappa shape index (κ2) is 5.41. The first kappa shape index (κ1) is 13.3. The fourth-order valence-corrected chi connectivity index (χ4v) is 3.17. The van der Waals surface area contributed by atoms with E-state index >= 15 is 0 Å². The number of hydrogen-bond acceptors (Lipinski definition) is 3. The zero-order chi connectivity index (χ0) is 14.9. The van der Waals surface area contributed by atoms with Crippen LogP contribution in [0.3, 0.4) is 0 Å². The minimum Gasteiger partial charge on any atom is -0.356 e. The smallest absolute Gasteiger partial charge is 0.162 e. The van der Waals surface area contributed by atoms with Crippen LogP contribution in [0.15, 0.2) is 48.5 Å². The Morgan fingerprint density at radius 3 is 2.41 bits per heavy atom. The van der Waals surface area contributed by atoms with Gasteiger partial charge in [-0.2, -0.15) is 0 Å². The molecule has 4 rings (SSSR count). The SMILES string of the molecule is Cc1ccccc1-c1nc(N2CCCC2)c2ccccc2n1. The third-order valence-electron chi connectivity index (χ3n) is 4.37. The topological polar surface area (TPSA) is 29.0 Å². The van der Waals surface area contributed by atoms with Crippen LogP contribution in [-0.4, -0.2) is 23.1 Å². The van der Waals surface area contributed by atoms with E-state index in [1.165, 1.54) is 18.4 Å². The van der Waals surface area contributed by atoms with E-state index < -0.39 is 0 Å². The third kappa shape index (κ3) is 2.23. The van der Waals surface area contributed by atoms with E-state index in [4.69, 9.17) is 9.97 Å². The lowest BCUT2D eigenvalue weighted by Gasteiger charge is -2.19. The molecule has 110 valence electrons. The average molecular weight is 289 g/mol. The number of benzene rings is 2. The van der Waals surface area contributed by atoms with Crippen molar-refractivity contribution in [1.82, 2.24) is 9.97 Å². The first-order valence-corrected chi connectivity index (χ1v) is 7.91. The maximum absolute atomic E-state index is 4.93. The Kier molecular flexibility index (Phi) is 3.26. The summed E-state index contributed by atoms with van der Waals surface area (Å²) in [5.41, 5.74) is 3.36. The quantitative estimate of drug-likeness (QED) is 0.708. The lowest BCUT2D eigenvalue weighted by molar-refractivity contribution is 0.941. The lowest BCUT2D eigenvalue weighted by atomic mass is 10.1. The maximum atomic E-state index is 4.93. The first-order chi connectivity index (χ1) is 10.8. The van der Waals surface area contributed by atoms with Gasteiger partial charge < -0.3 is 4.90 Å². The number of rotatable bonds is 2. The van der Waals surface area contributed by atoms with Gasteiger partial charge in [0.2, 0.25) is 0 Å². The predicted octanol–water partition coefficient (Wildman–Crippen LogP) is 4.21. The molecule has 1 saturated heterocycles. The van der Waals surface area contributed by atoms with Crippen LogP contribution in [0, 0.1) is 6.92 Å². The monoisotopic (exact) mass is 289 g/mol. The van der Waals surface area contributed by atoms with Crippen molar-refractivity contribution >= 4 is 16.7 Å². The Labute approximate surface area is 130 Å². The number of aromatic nitrogens is 2. The van der Waals surface area contributed by atoms with E-state index in [-0.39, 0.29) is 0 Å². The highest BCUT2D eigenvalue weighted by atomic mass is 15.2. The highest BCUT2D eigenvalue weighted by Gasteiger charge is 2.18. The molecule has 0 atom stereocenters. The summed E-state index contributed by atoms with van der Waals surface area (Å²) in [6.45, 7) is 4.30. The summed E-state index contributed by atoms with van der Waals surface area (Å²) in [5.74, 6) is 1.92. The van der Waals surface area contributed by atoms with Crippen molar-refractivity contribution in [2.24, 2.45) is 0 Å². The zero-order valence-corrected chi connectivity index (χ0v) is 12.8. The van der Waals surface area contributed by atoms with E-state index in [0.29, 0.717) is 0 Å². The molecular weight excluding hydrogens is 270 g/mol. The molecule has 2 aromatic carbocycles. The van der Waals surface area contributed by atoms with Crippen molar-refractivity contribution in [1.29, 1.82) is 0 Å². The molecule has 0 amide bonds. The molecule has 0 bridgehead atoms. The van der Waals surface area contributed by atoms with Crippen LogP contribution >= 0.6 is 0 Å². The standard InChI is InChI=1S/C19H19N3/c1-14-8-2-3-9-15(14)18-20-17-11-5-4-10-16(17)19(21-18)22-12-6-7-13-22/h2-5,8-11H,6-7,12-13H2,1H3. The van der Waals surface area contributed by atoms with Crippen molar-refractivity contribution in [3.8, 4) is 11.4 Å². The van der Waals surface area contributed by atoms with Gasteiger partial charge in [0.15, 0.2) is 5.82 Å². The van der Waals surface area contributed by atoms with Crippen molar-refractivity contribution in [2.75, 3.05) is 18.0 Å². The molecule has 3 aromatic rings. The Morgan fingerprint density at radius 1 is 0.864 bits per heavy atom. The summed E-state index contributed by atoms with van der Waals surface area (Å²) in [6, 6.07) is 16.7. The van der Waals surface area contributed by atoms with Gasteiger partial charge in [-0.15, -0.1) is 0 Å². The average Bonchev–Trinajstić information content (AvgIpc) is 3.08. The molecule has 0 aliphatic carbocycles. The second-order valence-electron chi connectivity index (χ2n) is 5.90. The van der Waals surface area contributed by atoms with Crippen molar-refractivity contribution in [3.05, 3.63) is 54.1 Å². The normalized spacial score (nSPS) is 14.7. The van der Waals surface area contributed by atoms with Crippen LogP contribution in [0.1, 0.15) is 18.4 Å². The van der Waals surface area contributed by atoms with Crippen molar-refractivity contribution < 1.29 is 0 Å². The first-order valence-electron chi connectivity index (χ1n) is 7.91. The summed E-state index contributed by atoms with van der Waals surface area (Å²) < 4.78 is 0. The third-order valence-corrected chi connectivity index (χ3v) is 4.37. The van der Waals surface area contributed by atoms with Gasteiger partial charge in [0.05, 0.1) is 5.52 Å². The number of fused-ring (bicyclic) bond motifs is 1. The second-order valence-corrected chi connectivity index (χ2v) is 5.90. The number of aryl methyl sites for hydroxylation is 1. The molecule has 1 fully saturated rings. The summed E-state index contributed by atoms with van der Waals surface area (Å²) in [6.07, 6.45) is 2.50. The van der Waals surface area contributed by atoms with Gasteiger partial charge in [0.1, 0.15) is 5.82 Å². The van der Waals surface area contributed by atoms with Crippen molar-refractivity contribution in [2.45, 2.75) is 19.8 Å². The molecule has 0 saturated carbocycles. The summed E-state index contributed by atoms with van der Waals surface area (Å²) in [4.78, 5) is 12.1. The van der Waals surface area contributed by atoms with Gasteiger partial charge >= 0.3 is 0 Å². The fourth-order valence-electron chi connectivity index (χ4n) is 3.17. The minimum atomic E-state index is 0.832. The Bertz CT molecular complexity index is 820. The number of para-hydroxylation sites is 1. The van der Waals surface area contributed by atoms with Crippen LogP contribution in [0.2, 0.25) is 0 Å². The minimum absolute atomic E-state index is 0.832. The predicted molar refractivity (Wildman–Crippen MR) is 91.2 cm³/mol. The molecule has 1 aliphatic heterocycles. The molecule has 2 heterocycles. The van der Waals surface area contributed by atoms with E-state index in [0.717, 1.165) is 41.2 Å². The lowest BCUT2D eigenvalue weighted by Crippen LogP contribution is -2.20. The maximum Gasteiger partial charge on any atom is 0.162 e. The van der Waals surface area contributed by atoms with Crippen LogP contribution in [0.5, 0.6) is 0 Å². The van der Waals surface area contributed by atoms with Gasteiger partial charge in [0.25, 0.3) is 0 Å². The number of anilines is 1. The molecule has 0 spiro atoms. The van der Waals surface area contributed by atoms with Crippen molar-refractivity contribution in [3.63, 3.8) is 0 Å². The highest BCUT2D eigenvalue weighted by Crippen LogP contribution is 2.30. The molecule has 0 N–H and O–H groups in total. The van der Waals surface area contributed by atoms with Crippen LogP contribution < -0.4 is 4.90 Å².